The maximum absolute atomic E-state index is 13.2. The molecule has 28 heavy (non-hydrogen) atoms. The zero-order valence-corrected chi connectivity index (χ0v) is 15.9. The number of rotatable bonds is 2. The van der Waals surface area contributed by atoms with Crippen molar-refractivity contribution in [3.63, 3.8) is 0 Å². The van der Waals surface area contributed by atoms with Gasteiger partial charge >= 0.3 is 0 Å². The van der Waals surface area contributed by atoms with Crippen LogP contribution in [0.5, 0.6) is 0 Å². The predicted octanol–water partition coefficient (Wildman–Crippen LogP) is 2.47. The van der Waals surface area contributed by atoms with Gasteiger partial charge in [0.1, 0.15) is 12.1 Å². The minimum atomic E-state index is -0.502. The van der Waals surface area contributed by atoms with E-state index in [-0.39, 0.29) is 11.5 Å². The fourth-order valence-corrected chi connectivity index (χ4v) is 3.84. The van der Waals surface area contributed by atoms with Gasteiger partial charge in [-0.2, -0.15) is 10.4 Å². The molecule has 4 aromatic rings. The molecule has 0 fully saturated rings. The Labute approximate surface area is 166 Å². The van der Waals surface area contributed by atoms with Crippen molar-refractivity contribution in [2.45, 2.75) is 12.5 Å². The number of hydrogen-bond acceptors (Lipinski definition) is 6. The number of aromatic amines is 1. The van der Waals surface area contributed by atoms with Crippen molar-refractivity contribution in [3.05, 3.63) is 70.1 Å². The van der Waals surface area contributed by atoms with Gasteiger partial charge in [-0.1, -0.05) is 0 Å². The summed E-state index contributed by atoms with van der Waals surface area (Å²) in [6, 6.07) is 7.18. The Hall–Kier alpha value is -3.45. The van der Waals surface area contributed by atoms with Gasteiger partial charge in [-0.25, -0.2) is 14.5 Å². The summed E-state index contributed by atoms with van der Waals surface area (Å²) in [5.41, 5.74) is 3.24. The summed E-state index contributed by atoms with van der Waals surface area (Å²) in [5.74, 6) is -0.482. The second-order valence-electron chi connectivity index (χ2n) is 6.35. The largest absolute Gasteiger partial charge is 0.437 e. The van der Waals surface area contributed by atoms with Crippen LogP contribution in [0.3, 0.4) is 0 Å². The average molecular weight is 438 g/mol. The molecule has 1 atom stereocenters. The van der Waals surface area contributed by atoms with Gasteiger partial charge in [0, 0.05) is 29.3 Å². The van der Waals surface area contributed by atoms with Crippen LogP contribution in [0.1, 0.15) is 39.4 Å². The van der Waals surface area contributed by atoms with Gasteiger partial charge in [0.15, 0.2) is 12.1 Å². The molecule has 0 radical (unpaired) electrons. The number of nitrogens with one attached hydrogen (secondary N) is 1. The quantitative estimate of drug-likeness (QED) is 0.514. The number of aromatic nitrogens is 5. The fraction of sp³-hybridized carbons (Fsp3) is 0.167. The van der Waals surface area contributed by atoms with Crippen molar-refractivity contribution in [1.82, 2.24) is 29.5 Å². The monoisotopic (exact) mass is 437 g/mol. The number of nitrogens with zero attached hydrogens (tertiary/aromatic N) is 6. The highest BCUT2D eigenvalue weighted by atomic mass is 79.9. The number of carbonyl (C=O) groups is 1. The SMILES string of the molecule is N#Cc1ncoc1C(=O)N1CCc2[nH]cnc2C1c1cc2ccc(Br)cn2n1. The van der Waals surface area contributed by atoms with Crippen molar-refractivity contribution in [2.75, 3.05) is 6.54 Å². The normalized spacial score (nSPS) is 16.1. The summed E-state index contributed by atoms with van der Waals surface area (Å²) in [6.45, 7) is 0.432. The number of H-pyrrole nitrogens is 1. The van der Waals surface area contributed by atoms with E-state index in [9.17, 15) is 10.1 Å². The van der Waals surface area contributed by atoms with Crippen LogP contribution in [0.15, 0.2) is 46.0 Å². The molecule has 9 nitrogen and oxygen atoms in total. The van der Waals surface area contributed by atoms with E-state index in [2.05, 4.69) is 36.0 Å². The predicted molar refractivity (Wildman–Crippen MR) is 99.3 cm³/mol. The van der Waals surface area contributed by atoms with Gasteiger partial charge < -0.3 is 14.3 Å². The Balaban J connectivity index is 1.64. The minimum Gasteiger partial charge on any atom is -0.437 e. The van der Waals surface area contributed by atoms with Crippen LogP contribution in [-0.4, -0.2) is 41.9 Å². The Morgan fingerprint density at radius 2 is 2.29 bits per heavy atom. The second kappa shape index (κ2) is 6.31. The molecule has 10 heteroatoms. The third kappa shape index (κ3) is 2.51. The van der Waals surface area contributed by atoms with Crippen LogP contribution in [0.2, 0.25) is 0 Å². The molecule has 0 spiro atoms. The van der Waals surface area contributed by atoms with Crippen LogP contribution in [0.4, 0.5) is 0 Å². The first kappa shape index (κ1) is 16.7. The number of fused-ring (bicyclic) bond motifs is 2. The van der Waals surface area contributed by atoms with Gasteiger partial charge in [0.05, 0.1) is 23.2 Å². The molecule has 1 unspecified atom stereocenters. The number of halogens is 1. The van der Waals surface area contributed by atoms with E-state index in [1.807, 2.05) is 30.5 Å². The number of oxazole rings is 1. The van der Waals surface area contributed by atoms with Crippen molar-refractivity contribution in [3.8, 4) is 6.07 Å². The molecular formula is C18H12BrN7O2. The first-order valence-electron chi connectivity index (χ1n) is 8.47. The highest BCUT2D eigenvalue weighted by molar-refractivity contribution is 9.10. The lowest BCUT2D eigenvalue weighted by Gasteiger charge is -2.33. The second-order valence-corrected chi connectivity index (χ2v) is 7.26. The van der Waals surface area contributed by atoms with E-state index in [4.69, 9.17) is 4.42 Å². The first-order chi connectivity index (χ1) is 13.7. The summed E-state index contributed by atoms with van der Waals surface area (Å²) in [5, 5.41) is 13.9. The molecule has 1 aliphatic rings. The lowest BCUT2D eigenvalue weighted by molar-refractivity contribution is 0.0654. The third-order valence-electron chi connectivity index (χ3n) is 4.78. The topological polar surface area (TPSA) is 116 Å². The standard InChI is InChI=1S/C18H12BrN7O2/c19-10-1-2-11-5-13(24-26(11)7-10)16-15-12(21-8-22-15)3-4-25(16)18(27)17-14(6-20)23-9-28-17/h1-2,5,7-9,16H,3-4H2,(H,21,22). The Bertz CT molecular complexity index is 1250. The highest BCUT2D eigenvalue weighted by Crippen LogP contribution is 2.34. The molecular weight excluding hydrogens is 426 g/mol. The number of hydrogen-bond donors (Lipinski definition) is 1. The van der Waals surface area contributed by atoms with Crippen molar-refractivity contribution in [2.24, 2.45) is 0 Å². The zero-order valence-electron chi connectivity index (χ0n) is 14.3. The summed E-state index contributed by atoms with van der Waals surface area (Å²) in [4.78, 5) is 26.2. The molecule has 1 amide bonds. The van der Waals surface area contributed by atoms with Crippen LogP contribution in [0.25, 0.3) is 5.52 Å². The molecule has 5 heterocycles. The average Bonchev–Trinajstić information content (AvgIpc) is 3.43. The molecule has 0 saturated heterocycles. The smallest absolute Gasteiger partial charge is 0.293 e. The Morgan fingerprint density at radius 3 is 3.14 bits per heavy atom. The van der Waals surface area contributed by atoms with Gasteiger partial charge in [-0.15, -0.1) is 0 Å². The first-order valence-corrected chi connectivity index (χ1v) is 9.26. The van der Waals surface area contributed by atoms with E-state index >= 15 is 0 Å². The number of amides is 1. The van der Waals surface area contributed by atoms with Crippen LogP contribution in [0, 0.1) is 11.3 Å². The Kier molecular flexibility index (Phi) is 3.77. The molecule has 138 valence electrons. The van der Waals surface area contributed by atoms with Crippen LogP contribution >= 0.6 is 15.9 Å². The van der Waals surface area contributed by atoms with Gasteiger partial charge in [0.25, 0.3) is 5.91 Å². The Morgan fingerprint density at radius 1 is 1.39 bits per heavy atom. The van der Waals surface area contributed by atoms with E-state index in [1.165, 1.54) is 0 Å². The highest BCUT2D eigenvalue weighted by Gasteiger charge is 2.38. The van der Waals surface area contributed by atoms with E-state index < -0.39 is 11.9 Å². The lowest BCUT2D eigenvalue weighted by Crippen LogP contribution is -2.41. The van der Waals surface area contributed by atoms with E-state index in [0.29, 0.717) is 18.7 Å². The van der Waals surface area contributed by atoms with E-state index in [0.717, 1.165) is 27.8 Å². The van der Waals surface area contributed by atoms with Crippen molar-refractivity contribution < 1.29 is 9.21 Å². The molecule has 0 saturated carbocycles. The summed E-state index contributed by atoms with van der Waals surface area (Å²) >= 11 is 3.44. The molecule has 1 aliphatic heterocycles. The van der Waals surface area contributed by atoms with Crippen LogP contribution < -0.4 is 0 Å². The summed E-state index contributed by atoms with van der Waals surface area (Å²) < 4.78 is 7.86. The number of nitriles is 1. The molecule has 0 bridgehead atoms. The number of imidazole rings is 1. The minimum absolute atomic E-state index is 0.0319. The molecule has 0 aromatic carbocycles. The van der Waals surface area contributed by atoms with Crippen molar-refractivity contribution >= 4 is 27.4 Å². The zero-order chi connectivity index (χ0) is 19.3. The maximum Gasteiger partial charge on any atom is 0.293 e. The van der Waals surface area contributed by atoms with Crippen molar-refractivity contribution in [1.29, 1.82) is 5.26 Å². The summed E-state index contributed by atoms with van der Waals surface area (Å²) in [6.07, 6.45) is 5.19. The lowest BCUT2D eigenvalue weighted by atomic mass is 9.99. The third-order valence-corrected chi connectivity index (χ3v) is 5.25. The summed E-state index contributed by atoms with van der Waals surface area (Å²) in [7, 11) is 0. The maximum atomic E-state index is 13.2. The molecule has 4 aromatic heterocycles. The fourth-order valence-electron chi connectivity index (χ4n) is 3.52. The van der Waals surface area contributed by atoms with Gasteiger partial charge in [0.2, 0.25) is 5.76 Å². The molecule has 5 rings (SSSR count). The molecule has 0 aliphatic carbocycles. The van der Waals surface area contributed by atoms with Gasteiger partial charge in [-0.3, -0.25) is 4.79 Å². The van der Waals surface area contributed by atoms with E-state index in [1.54, 1.807) is 15.7 Å². The van der Waals surface area contributed by atoms with Gasteiger partial charge in [-0.05, 0) is 34.1 Å². The molecule has 1 N–H and O–H groups in total. The number of carbonyl (C=O) groups excluding carboxylic acids is 1. The van der Waals surface area contributed by atoms with Crippen LogP contribution in [-0.2, 0) is 6.42 Å². The number of pyridine rings is 1.